The Hall–Kier alpha value is -0.810. The Balaban J connectivity index is 2.06. The molecule has 0 spiro atoms. The molecule has 0 aromatic carbocycles. The predicted molar refractivity (Wildman–Crippen MR) is 68.4 cm³/mol. The van der Waals surface area contributed by atoms with Crippen molar-refractivity contribution in [3.8, 4) is 0 Å². The molecule has 1 amide bonds. The third-order valence-electron chi connectivity index (χ3n) is 3.61. The van der Waals surface area contributed by atoms with Gasteiger partial charge in [0.25, 0.3) is 0 Å². The molecule has 1 unspecified atom stereocenters. The number of nitrogens with one attached hydrogen (secondary N) is 1. The molecule has 0 aromatic rings. The fourth-order valence-electron chi connectivity index (χ4n) is 2.65. The molecule has 0 radical (unpaired) electrons. The summed E-state index contributed by atoms with van der Waals surface area (Å²) in [5, 5.41) is 13.5. The van der Waals surface area contributed by atoms with Gasteiger partial charge in [0.1, 0.15) is 11.2 Å². The van der Waals surface area contributed by atoms with Gasteiger partial charge in [-0.05, 0) is 40.0 Å². The largest absolute Gasteiger partial charge is 0.444 e. The van der Waals surface area contributed by atoms with Gasteiger partial charge in [0.2, 0.25) is 0 Å². The lowest BCUT2D eigenvalue weighted by molar-refractivity contribution is -0.0953. The summed E-state index contributed by atoms with van der Waals surface area (Å²) in [4.78, 5) is 13.9. The van der Waals surface area contributed by atoms with Gasteiger partial charge in [0, 0.05) is 19.6 Å². The highest BCUT2D eigenvalue weighted by atomic mass is 16.6. The van der Waals surface area contributed by atoms with Crippen LogP contribution in [0, 0.1) is 0 Å². The molecule has 2 fully saturated rings. The fourth-order valence-corrected chi connectivity index (χ4v) is 2.65. The van der Waals surface area contributed by atoms with Crippen LogP contribution in [0.25, 0.3) is 0 Å². The lowest BCUT2D eigenvalue weighted by Crippen LogP contribution is -2.71. The number of carbonyl (C=O) groups excluding carboxylic acids is 1. The van der Waals surface area contributed by atoms with E-state index < -0.39 is 11.2 Å². The maximum Gasteiger partial charge on any atom is 0.410 e. The Morgan fingerprint density at radius 1 is 1.39 bits per heavy atom. The van der Waals surface area contributed by atoms with E-state index in [0.29, 0.717) is 19.6 Å². The SMILES string of the molecule is CC(C)(C)OC(=O)N1CCCCC1C1(O)CNC1. The van der Waals surface area contributed by atoms with Crippen LogP contribution in [0.4, 0.5) is 4.79 Å². The monoisotopic (exact) mass is 256 g/mol. The van der Waals surface area contributed by atoms with Gasteiger partial charge < -0.3 is 20.1 Å². The number of carbonyl (C=O) groups is 1. The van der Waals surface area contributed by atoms with Gasteiger partial charge in [-0.1, -0.05) is 0 Å². The maximum absolute atomic E-state index is 12.2. The lowest BCUT2D eigenvalue weighted by Gasteiger charge is -2.50. The number of nitrogens with zero attached hydrogens (tertiary/aromatic N) is 1. The standard InChI is InChI=1S/C13H24N2O3/c1-12(2,3)18-11(16)15-7-5-4-6-10(15)13(17)8-14-9-13/h10,14,17H,4-9H2,1-3H3. The molecule has 2 N–H and O–H groups in total. The molecule has 0 bridgehead atoms. The topological polar surface area (TPSA) is 61.8 Å². The molecule has 2 heterocycles. The van der Waals surface area contributed by atoms with Crippen molar-refractivity contribution in [1.29, 1.82) is 0 Å². The number of rotatable bonds is 1. The average Bonchev–Trinajstić information content (AvgIpc) is 2.23. The number of aliphatic hydroxyl groups is 1. The molecular weight excluding hydrogens is 232 g/mol. The quantitative estimate of drug-likeness (QED) is 0.738. The minimum atomic E-state index is -0.767. The van der Waals surface area contributed by atoms with Crippen LogP contribution in [0.3, 0.4) is 0 Å². The molecule has 2 aliphatic heterocycles. The van der Waals surface area contributed by atoms with Crippen LogP contribution in [-0.4, -0.2) is 53.0 Å². The van der Waals surface area contributed by atoms with Gasteiger partial charge in [0.05, 0.1) is 6.04 Å². The van der Waals surface area contributed by atoms with Crippen LogP contribution in [0.15, 0.2) is 0 Å². The van der Waals surface area contributed by atoms with Crippen LogP contribution in [0.1, 0.15) is 40.0 Å². The molecule has 0 aliphatic carbocycles. The van der Waals surface area contributed by atoms with Gasteiger partial charge in [-0.2, -0.15) is 0 Å². The summed E-state index contributed by atoms with van der Waals surface area (Å²) in [6.45, 7) is 7.41. The number of amides is 1. The number of β-amino-alcohol motifs (C(OH)–C–C–N with tert-alkyl or cyclic N) is 1. The van der Waals surface area contributed by atoms with Gasteiger partial charge in [-0.25, -0.2) is 4.79 Å². The van der Waals surface area contributed by atoms with E-state index in [-0.39, 0.29) is 12.1 Å². The van der Waals surface area contributed by atoms with Crippen LogP contribution < -0.4 is 5.32 Å². The molecule has 0 saturated carbocycles. The van der Waals surface area contributed by atoms with Gasteiger partial charge in [-0.3, -0.25) is 0 Å². The third kappa shape index (κ3) is 2.78. The average molecular weight is 256 g/mol. The summed E-state index contributed by atoms with van der Waals surface area (Å²) in [5.41, 5.74) is -1.25. The predicted octanol–water partition coefficient (Wildman–Crippen LogP) is 1.11. The minimum Gasteiger partial charge on any atom is -0.444 e. The number of piperidine rings is 1. The van der Waals surface area contributed by atoms with E-state index in [1.807, 2.05) is 20.8 Å². The van der Waals surface area contributed by atoms with Crippen molar-refractivity contribution in [2.24, 2.45) is 0 Å². The van der Waals surface area contributed by atoms with Gasteiger partial charge in [0.15, 0.2) is 0 Å². The van der Waals surface area contributed by atoms with Crippen LogP contribution in [-0.2, 0) is 4.74 Å². The van der Waals surface area contributed by atoms with Crippen molar-refractivity contribution in [2.45, 2.75) is 57.3 Å². The fraction of sp³-hybridized carbons (Fsp3) is 0.923. The number of ether oxygens (including phenoxy) is 1. The Labute approximate surface area is 108 Å². The Bertz CT molecular complexity index is 321. The van der Waals surface area contributed by atoms with Gasteiger partial charge in [-0.15, -0.1) is 0 Å². The third-order valence-corrected chi connectivity index (χ3v) is 3.61. The van der Waals surface area contributed by atoms with Crippen molar-refractivity contribution in [3.63, 3.8) is 0 Å². The lowest BCUT2D eigenvalue weighted by atomic mass is 9.82. The summed E-state index contributed by atoms with van der Waals surface area (Å²) in [7, 11) is 0. The summed E-state index contributed by atoms with van der Waals surface area (Å²) >= 11 is 0. The Morgan fingerprint density at radius 3 is 2.56 bits per heavy atom. The molecule has 5 heteroatoms. The Morgan fingerprint density at radius 2 is 2.06 bits per heavy atom. The smallest absolute Gasteiger partial charge is 0.410 e. The molecule has 18 heavy (non-hydrogen) atoms. The maximum atomic E-state index is 12.2. The first kappa shape index (κ1) is 13.6. The second-order valence-electron chi connectivity index (χ2n) is 6.39. The number of likely N-dealkylation sites (tertiary alicyclic amines) is 1. The molecular formula is C13H24N2O3. The van der Waals surface area contributed by atoms with Crippen molar-refractivity contribution >= 4 is 6.09 Å². The van der Waals surface area contributed by atoms with Crippen LogP contribution in [0.5, 0.6) is 0 Å². The van der Waals surface area contributed by atoms with E-state index >= 15 is 0 Å². The van der Waals surface area contributed by atoms with Crippen molar-refractivity contribution in [3.05, 3.63) is 0 Å². The Kier molecular flexibility index (Phi) is 3.56. The summed E-state index contributed by atoms with van der Waals surface area (Å²) in [6, 6.07) is -0.109. The second kappa shape index (κ2) is 4.70. The summed E-state index contributed by atoms with van der Waals surface area (Å²) in [5.74, 6) is 0. The molecule has 2 saturated heterocycles. The van der Waals surface area contributed by atoms with E-state index in [1.54, 1.807) is 4.90 Å². The van der Waals surface area contributed by atoms with E-state index in [1.165, 1.54) is 0 Å². The highest BCUT2D eigenvalue weighted by Gasteiger charge is 2.48. The normalized spacial score (nSPS) is 27.6. The molecule has 0 aromatic heterocycles. The van der Waals surface area contributed by atoms with E-state index in [2.05, 4.69) is 5.32 Å². The molecule has 2 rings (SSSR count). The number of hydrogen-bond donors (Lipinski definition) is 2. The van der Waals surface area contributed by atoms with Crippen molar-refractivity contribution in [1.82, 2.24) is 10.2 Å². The van der Waals surface area contributed by atoms with Crippen molar-refractivity contribution in [2.75, 3.05) is 19.6 Å². The first-order chi connectivity index (χ1) is 8.32. The highest BCUT2D eigenvalue weighted by Crippen LogP contribution is 2.30. The molecule has 1 atom stereocenters. The summed E-state index contributed by atoms with van der Waals surface area (Å²) in [6.07, 6.45) is 2.61. The highest BCUT2D eigenvalue weighted by molar-refractivity contribution is 5.69. The first-order valence-electron chi connectivity index (χ1n) is 6.75. The van der Waals surface area contributed by atoms with E-state index in [0.717, 1.165) is 19.3 Å². The summed E-state index contributed by atoms with van der Waals surface area (Å²) < 4.78 is 5.43. The molecule has 104 valence electrons. The van der Waals surface area contributed by atoms with Crippen molar-refractivity contribution < 1.29 is 14.6 Å². The number of hydrogen-bond acceptors (Lipinski definition) is 4. The molecule has 5 nitrogen and oxygen atoms in total. The van der Waals surface area contributed by atoms with Crippen LogP contribution in [0.2, 0.25) is 0 Å². The zero-order valence-electron chi connectivity index (χ0n) is 11.5. The van der Waals surface area contributed by atoms with E-state index in [4.69, 9.17) is 4.74 Å². The second-order valence-corrected chi connectivity index (χ2v) is 6.39. The van der Waals surface area contributed by atoms with E-state index in [9.17, 15) is 9.90 Å². The first-order valence-corrected chi connectivity index (χ1v) is 6.75. The molecule has 2 aliphatic rings. The zero-order chi connectivity index (χ0) is 13.4. The van der Waals surface area contributed by atoms with Gasteiger partial charge >= 0.3 is 6.09 Å². The zero-order valence-corrected chi connectivity index (χ0v) is 11.5. The minimum absolute atomic E-state index is 0.109. The van der Waals surface area contributed by atoms with Crippen LogP contribution >= 0.6 is 0 Å².